The highest BCUT2D eigenvalue weighted by Gasteiger charge is 2.27. The van der Waals surface area contributed by atoms with Gasteiger partial charge in [-0.15, -0.1) is 24.0 Å². The van der Waals surface area contributed by atoms with Gasteiger partial charge < -0.3 is 25.2 Å². The molecule has 1 aromatic rings. The summed E-state index contributed by atoms with van der Waals surface area (Å²) in [4.78, 5) is 8.14. The molecule has 9 heteroatoms. The number of rotatable bonds is 8. The number of likely N-dealkylation sites (N-methyl/N-ethyl adjacent to an activating group) is 1. The van der Waals surface area contributed by atoms with Crippen LogP contribution in [0.5, 0.6) is 0 Å². The second-order valence-corrected chi connectivity index (χ2v) is 6.44. The van der Waals surface area contributed by atoms with E-state index in [1.165, 1.54) is 18.2 Å². The van der Waals surface area contributed by atoms with E-state index >= 15 is 0 Å². The lowest BCUT2D eigenvalue weighted by Gasteiger charge is -2.22. The maximum atomic E-state index is 13.9. The van der Waals surface area contributed by atoms with Crippen LogP contribution in [0, 0.1) is 11.6 Å². The molecule has 2 N–H and O–H groups in total. The van der Waals surface area contributed by atoms with Crippen molar-refractivity contribution in [2.24, 2.45) is 4.99 Å². The van der Waals surface area contributed by atoms with E-state index in [0.29, 0.717) is 25.7 Å². The minimum atomic E-state index is -0.521. The molecule has 2 rings (SSSR count). The summed E-state index contributed by atoms with van der Waals surface area (Å²) in [5.41, 5.74) is 0.0551. The van der Waals surface area contributed by atoms with Crippen LogP contribution in [0.3, 0.4) is 0 Å². The predicted octanol–water partition coefficient (Wildman–Crippen LogP) is 1.90. The summed E-state index contributed by atoms with van der Waals surface area (Å²) in [5, 5.41) is 6.60. The Morgan fingerprint density at radius 2 is 2.04 bits per heavy atom. The molecule has 27 heavy (non-hydrogen) atoms. The van der Waals surface area contributed by atoms with Gasteiger partial charge in [0.1, 0.15) is 17.3 Å². The quantitative estimate of drug-likeness (QED) is 0.327. The van der Waals surface area contributed by atoms with Crippen LogP contribution >= 0.6 is 24.0 Å². The number of hydrogen-bond acceptors (Lipinski definition) is 4. The smallest absolute Gasteiger partial charge is 0.191 e. The Kier molecular flexibility index (Phi) is 10.9. The normalized spacial score (nSPS) is 17.2. The Balaban J connectivity index is 0.00000364. The molecule has 1 aliphatic heterocycles. The van der Waals surface area contributed by atoms with Crippen molar-refractivity contribution in [3.63, 3.8) is 0 Å². The number of aliphatic imine (C=N–C) groups is 1. The van der Waals surface area contributed by atoms with Crippen molar-refractivity contribution in [1.82, 2.24) is 15.5 Å². The molecule has 1 fully saturated rings. The molecular formula is C18H30F2IN5O. The van der Waals surface area contributed by atoms with Crippen molar-refractivity contribution in [1.29, 1.82) is 0 Å². The molecule has 0 radical (unpaired) electrons. The second kappa shape index (κ2) is 12.3. The first kappa shape index (κ1) is 23.8. The van der Waals surface area contributed by atoms with E-state index in [1.807, 2.05) is 7.05 Å². The van der Waals surface area contributed by atoms with Gasteiger partial charge in [-0.3, -0.25) is 4.99 Å². The molecule has 0 aliphatic carbocycles. The van der Waals surface area contributed by atoms with Gasteiger partial charge in [0.25, 0.3) is 0 Å². The van der Waals surface area contributed by atoms with Crippen molar-refractivity contribution in [3.8, 4) is 0 Å². The molecular weight excluding hydrogens is 467 g/mol. The standard InChI is InChI=1S/C18H29F2N5O.HI/c1-21-18(22-8-10-24(2)11-12-26-3)23-14-7-9-25(13-14)17-15(19)5-4-6-16(17)20;/h4-6,14H,7-13H2,1-3H3,(H2,21,22,23);1H. The summed E-state index contributed by atoms with van der Waals surface area (Å²) in [7, 11) is 5.44. The fraction of sp³-hybridized carbons (Fsp3) is 0.611. The van der Waals surface area contributed by atoms with Crippen molar-refractivity contribution >= 4 is 35.6 Å². The topological polar surface area (TPSA) is 52.1 Å². The van der Waals surface area contributed by atoms with E-state index in [1.54, 1.807) is 19.1 Å². The van der Waals surface area contributed by atoms with Gasteiger partial charge >= 0.3 is 0 Å². The van der Waals surface area contributed by atoms with E-state index in [0.717, 1.165) is 26.1 Å². The summed E-state index contributed by atoms with van der Waals surface area (Å²) in [6.07, 6.45) is 0.794. The summed E-state index contributed by atoms with van der Waals surface area (Å²) in [6, 6.07) is 4.06. The van der Waals surface area contributed by atoms with Crippen LogP contribution in [0.25, 0.3) is 0 Å². The van der Waals surface area contributed by atoms with Crippen LogP contribution < -0.4 is 15.5 Å². The van der Waals surface area contributed by atoms with Crippen LogP contribution in [-0.4, -0.2) is 77.4 Å². The number of ether oxygens (including phenoxy) is 1. The molecule has 1 unspecified atom stereocenters. The maximum Gasteiger partial charge on any atom is 0.191 e. The SMILES string of the molecule is CN=C(NCCN(C)CCOC)NC1CCN(c2c(F)cccc2F)C1.I. The molecule has 1 aliphatic rings. The average Bonchev–Trinajstić information content (AvgIpc) is 3.07. The number of nitrogens with zero attached hydrogens (tertiary/aromatic N) is 3. The molecule has 0 bridgehead atoms. The van der Waals surface area contributed by atoms with Gasteiger partial charge in [-0.05, 0) is 25.6 Å². The van der Waals surface area contributed by atoms with Crippen molar-refractivity contribution in [3.05, 3.63) is 29.8 Å². The molecule has 0 amide bonds. The number of methoxy groups -OCH3 is 1. The number of halogens is 3. The van der Waals surface area contributed by atoms with Gasteiger partial charge in [-0.1, -0.05) is 6.07 Å². The molecule has 6 nitrogen and oxygen atoms in total. The molecule has 154 valence electrons. The minimum Gasteiger partial charge on any atom is -0.383 e. The van der Waals surface area contributed by atoms with Crippen molar-refractivity contribution in [2.45, 2.75) is 12.5 Å². The van der Waals surface area contributed by atoms with E-state index in [4.69, 9.17) is 4.74 Å². The number of hydrogen-bond donors (Lipinski definition) is 2. The zero-order valence-corrected chi connectivity index (χ0v) is 18.5. The number of para-hydroxylation sites is 1. The Bertz CT molecular complexity index is 585. The van der Waals surface area contributed by atoms with Crippen LogP contribution in [0.4, 0.5) is 14.5 Å². The lowest BCUT2D eigenvalue weighted by atomic mass is 10.2. The van der Waals surface area contributed by atoms with Crippen molar-refractivity contribution < 1.29 is 13.5 Å². The third-order valence-corrected chi connectivity index (χ3v) is 4.47. The third-order valence-electron chi connectivity index (χ3n) is 4.47. The highest BCUT2D eigenvalue weighted by Crippen LogP contribution is 2.26. The van der Waals surface area contributed by atoms with Gasteiger partial charge in [0.05, 0.1) is 6.61 Å². The highest BCUT2D eigenvalue weighted by atomic mass is 127. The summed E-state index contributed by atoms with van der Waals surface area (Å²) in [5.74, 6) is -0.342. The zero-order chi connectivity index (χ0) is 18.9. The van der Waals surface area contributed by atoms with Crippen molar-refractivity contribution in [2.75, 3.05) is 65.4 Å². The van der Waals surface area contributed by atoms with Gasteiger partial charge in [0.15, 0.2) is 5.96 Å². The van der Waals surface area contributed by atoms with Crippen LogP contribution in [-0.2, 0) is 4.74 Å². The number of nitrogens with one attached hydrogen (secondary N) is 2. The lowest BCUT2D eigenvalue weighted by molar-refractivity contribution is 0.162. The van der Waals surface area contributed by atoms with E-state index in [-0.39, 0.29) is 35.7 Å². The molecule has 0 spiro atoms. The third kappa shape index (κ3) is 7.38. The van der Waals surface area contributed by atoms with Gasteiger partial charge in [0, 0.05) is 52.9 Å². The average molecular weight is 497 g/mol. The Morgan fingerprint density at radius 1 is 1.33 bits per heavy atom. The Labute approximate surface area is 177 Å². The van der Waals surface area contributed by atoms with Crippen LogP contribution in [0.1, 0.15) is 6.42 Å². The second-order valence-electron chi connectivity index (χ2n) is 6.44. The Hall–Kier alpha value is -1.20. The molecule has 0 saturated carbocycles. The van der Waals surface area contributed by atoms with E-state index in [9.17, 15) is 8.78 Å². The summed E-state index contributed by atoms with van der Waals surface area (Å²) in [6.45, 7) is 4.32. The first-order chi connectivity index (χ1) is 12.5. The summed E-state index contributed by atoms with van der Waals surface area (Å²) < 4.78 is 32.9. The molecule has 1 saturated heterocycles. The largest absolute Gasteiger partial charge is 0.383 e. The first-order valence-electron chi connectivity index (χ1n) is 8.88. The Morgan fingerprint density at radius 3 is 2.67 bits per heavy atom. The molecule has 1 heterocycles. The molecule has 0 aromatic heterocycles. The summed E-state index contributed by atoms with van der Waals surface area (Å²) >= 11 is 0. The fourth-order valence-electron chi connectivity index (χ4n) is 2.98. The predicted molar refractivity (Wildman–Crippen MR) is 116 cm³/mol. The highest BCUT2D eigenvalue weighted by molar-refractivity contribution is 14.0. The molecule has 1 atom stereocenters. The monoisotopic (exact) mass is 497 g/mol. The van der Waals surface area contributed by atoms with Crippen LogP contribution in [0.2, 0.25) is 0 Å². The number of guanidine groups is 1. The molecule has 1 aromatic carbocycles. The first-order valence-corrected chi connectivity index (χ1v) is 8.88. The van der Waals surface area contributed by atoms with E-state index < -0.39 is 11.6 Å². The van der Waals surface area contributed by atoms with Gasteiger partial charge in [0.2, 0.25) is 0 Å². The zero-order valence-electron chi connectivity index (χ0n) is 16.2. The minimum absolute atomic E-state index is 0. The van der Waals surface area contributed by atoms with Crippen LogP contribution in [0.15, 0.2) is 23.2 Å². The lowest BCUT2D eigenvalue weighted by Crippen LogP contribution is -2.46. The number of anilines is 1. The number of benzene rings is 1. The van der Waals surface area contributed by atoms with E-state index in [2.05, 4.69) is 20.5 Å². The fourth-order valence-corrected chi connectivity index (χ4v) is 2.98. The van der Waals surface area contributed by atoms with Gasteiger partial charge in [-0.2, -0.15) is 0 Å². The maximum absolute atomic E-state index is 13.9. The van der Waals surface area contributed by atoms with Gasteiger partial charge in [-0.25, -0.2) is 8.78 Å².